The van der Waals surface area contributed by atoms with E-state index in [0.29, 0.717) is 0 Å². The van der Waals surface area contributed by atoms with Crippen LogP contribution in [0.25, 0.3) is 0 Å². The number of hydrogen-bond acceptors (Lipinski definition) is 7. The van der Waals surface area contributed by atoms with Crippen molar-refractivity contribution in [3.63, 3.8) is 0 Å². The Balaban J connectivity index is 1.80. The lowest BCUT2D eigenvalue weighted by Crippen LogP contribution is -2.45. The summed E-state index contributed by atoms with van der Waals surface area (Å²) < 4.78 is 69.9. The summed E-state index contributed by atoms with van der Waals surface area (Å²) in [4.78, 5) is 22.7. The first kappa shape index (κ1) is 13.6. The van der Waals surface area contributed by atoms with E-state index in [0.717, 1.165) is 0 Å². The van der Waals surface area contributed by atoms with Crippen molar-refractivity contribution in [1.29, 1.82) is 0 Å². The van der Waals surface area contributed by atoms with Crippen LogP contribution in [0.15, 0.2) is 0 Å². The Hall–Kier alpha value is -1.33. The maximum absolute atomic E-state index is 13.1. The Morgan fingerprint density at radius 2 is 2.05 bits per heavy atom. The van der Waals surface area contributed by atoms with Gasteiger partial charge in [0.2, 0.25) is 0 Å². The summed E-state index contributed by atoms with van der Waals surface area (Å²) >= 11 is 0. The molecule has 0 aromatic heterocycles. The summed E-state index contributed by atoms with van der Waals surface area (Å²) in [6.45, 7) is 0. The van der Waals surface area contributed by atoms with Gasteiger partial charge in [-0.2, -0.15) is 17.2 Å². The van der Waals surface area contributed by atoms with Gasteiger partial charge in [-0.3, -0.25) is 9.35 Å². The van der Waals surface area contributed by atoms with E-state index in [4.69, 9.17) is 14.0 Å². The van der Waals surface area contributed by atoms with Crippen molar-refractivity contribution >= 4 is 22.1 Å². The third-order valence-corrected chi connectivity index (χ3v) is 4.40. The van der Waals surface area contributed by atoms with Crippen molar-refractivity contribution in [1.82, 2.24) is 0 Å². The molecule has 0 spiro atoms. The van der Waals surface area contributed by atoms with E-state index in [1.807, 2.05) is 0 Å². The van der Waals surface area contributed by atoms with E-state index >= 15 is 0 Å². The molecule has 0 radical (unpaired) electrons. The van der Waals surface area contributed by atoms with Crippen LogP contribution < -0.4 is 0 Å². The molecule has 5 atom stereocenters. The van der Waals surface area contributed by atoms with Crippen molar-refractivity contribution in [2.24, 2.45) is 5.92 Å². The quantitative estimate of drug-likeness (QED) is 0.526. The van der Waals surface area contributed by atoms with Crippen LogP contribution in [0.1, 0.15) is 6.42 Å². The zero-order chi connectivity index (χ0) is 14.9. The number of rotatable bonds is 3. The van der Waals surface area contributed by atoms with Crippen LogP contribution in [0.4, 0.5) is 8.78 Å². The second kappa shape index (κ2) is 3.86. The highest BCUT2D eigenvalue weighted by Gasteiger charge is 2.67. The zero-order valence-electron chi connectivity index (χ0n) is 9.56. The minimum atomic E-state index is -5.95. The Morgan fingerprint density at radius 3 is 2.65 bits per heavy atom. The summed E-state index contributed by atoms with van der Waals surface area (Å²) in [5.41, 5.74) is 0. The van der Waals surface area contributed by atoms with E-state index in [1.165, 1.54) is 0 Å². The fourth-order valence-corrected chi connectivity index (χ4v) is 2.97. The first-order valence-electron chi connectivity index (χ1n) is 5.55. The fraction of sp³-hybridized carbons (Fsp3) is 0.778. The topological polar surface area (TPSA) is 116 Å². The van der Waals surface area contributed by atoms with Crippen molar-refractivity contribution in [3.05, 3.63) is 0 Å². The van der Waals surface area contributed by atoms with E-state index in [9.17, 15) is 26.8 Å². The highest BCUT2D eigenvalue weighted by Crippen LogP contribution is 2.48. The first-order valence-corrected chi connectivity index (χ1v) is 6.99. The van der Waals surface area contributed by atoms with E-state index < -0.39 is 57.6 Å². The minimum Gasteiger partial charge on any atom is -0.459 e. The van der Waals surface area contributed by atoms with Gasteiger partial charge in [0.1, 0.15) is 24.2 Å². The molecule has 3 rings (SSSR count). The monoisotopic (exact) mass is 314 g/mol. The molecule has 112 valence electrons. The van der Waals surface area contributed by atoms with Gasteiger partial charge in [-0.15, -0.1) is 0 Å². The van der Waals surface area contributed by atoms with Crippen molar-refractivity contribution in [2.75, 3.05) is 0 Å². The standard InChI is InChI=1S/C9H8F2O8S/c10-9(11,20(14,15)16)8(13)19-6-2-1-3-5(17-2)4(6)7(12)18-3/h2-6H,1H2,(H,14,15,16). The third kappa shape index (κ3) is 1.66. The molecule has 0 aromatic carbocycles. The average Bonchev–Trinajstić information content (AvgIpc) is 2.89. The lowest BCUT2D eigenvalue weighted by molar-refractivity contribution is -0.172. The number of alkyl halides is 2. The molecule has 3 saturated heterocycles. The average molecular weight is 314 g/mol. The fourth-order valence-electron chi connectivity index (χ4n) is 2.71. The highest BCUT2D eigenvalue weighted by atomic mass is 32.2. The number of fused-ring (bicyclic) bond motifs is 1. The molecule has 0 saturated carbocycles. The molecule has 0 aromatic rings. The molecule has 0 aliphatic carbocycles. The number of esters is 2. The maximum atomic E-state index is 13.1. The molecule has 1 N–H and O–H groups in total. The first-order chi connectivity index (χ1) is 9.13. The molecule has 20 heavy (non-hydrogen) atoms. The number of carbonyl (C=O) groups excluding carboxylic acids is 2. The van der Waals surface area contributed by atoms with Crippen LogP contribution in [-0.4, -0.2) is 54.6 Å². The van der Waals surface area contributed by atoms with Crippen LogP contribution in [0, 0.1) is 5.92 Å². The molecule has 8 nitrogen and oxygen atoms in total. The normalized spacial score (nSPS) is 39.0. The largest absolute Gasteiger partial charge is 0.465 e. The van der Waals surface area contributed by atoms with Crippen molar-refractivity contribution in [3.8, 4) is 0 Å². The Kier molecular flexibility index (Phi) is 2.63. The number of hydrogen-bond donors (Lipinski definition) is 1. The minimum absolute atomic E-state index is 0.183. The molecular weight excluding hydrogens is 306 g/mol. The van der Waals surface area contributed by atoms with Crippen molar-refractivity contribution < 1.29 is 45.6 Å². The van der Waals surface area contributed by atoms with Crippen LogP contribution in [-0.2, 0) is 33.9 Å². The smallest absolute Gasteiger partial charge is 0.459 e. The Labute approximate surface area is 110 Å². The molecule has 3 aliphatic rings. The van der Waals surface area contributed by atoms with E-state index in [2.05, 4.69) is 4.74 Å². The summed E-state index contributed by atoms with van der Waals surface area (Å²) in [6.07, 6.45) is -3.13. The van der Waals surface area contributed by atoms with Gasteiger partial charge < -0.3 is 14.2 Å². The zero-order valence-corrected chi connectivity index (χ0v) is 10.4. The number of halogens is 2. The molecular formula is C9H8F2O8S. The lowest BCUT2D eigenvalue weighted by Gasteiger charge is -2.23. The SMILES string of the molecule is O=C1OC2CC3OC2C1C3OC(=O)C(F)(F)S(=O)(=O)O. The van der Waals surface area contributed by atoms with E-state index in [-0.39, 0.29) is 6.42 Å². The molecule has 3 heterocycles. The van der Waals surface area contributed by atoms with Crippen LogP contribution in [0.5, 0.6) is 0 Å². The molecule has 11 heteroatoms. The highest BCUT2D eigenvalue weighted by molar-refractivity contribution is 7.87. The summed E-state index contributed by atoms with van der Waals surface area (Å²) in [5.74, 6) is -4.23. The van der Waals surface area contributed by atoms with E-state index in [1.54, 1.807) is 0 Å². The molecule has 3 fully saturated rings. The molecule has 0 amide bonds. The van der Waals surface area contributed by atoms with Gasteiger partial charge in [0.15, 0.2) is 0 Å². The second-order valence-corrected chi connectivity index (χ2v) is 6.20. The molecule has 2 bridgehead atoms. The van der Waals surface area contributed by atoms with Gasteiger partial charge in [0.05, 0.1) is 6.10 Å². The van der Waals surface area contributed by atoms with Gasteiger partial charge in [-0.1, -0.05) is 0 Å². The van der Waals surface area contributed by atoms with Crippen molar-refractivity contribution in [2.45, 2.75) is 36.1 Å². The third-order valence-electron chi connectivity index (χ3n) is 3.58. The summed E-state index contributed by atoms with van der Waals surface area (Å²) in [6, 6.07) is 0. The van der Waals surface area contributed by atoms with Gasteiger partial charge >= 0.3 is 27.3 Å². The summed E-state index contributed by atoms with van der Waals surface area (Å²) in [5, 5.41) is -5.10. The number of ether oxygens (including phenoxy) is 3. The van der Waals surface area contributed by atoms with Crippen LogP contribution in [0.3, 0.4) is 0 Å². The Bertz CT molecular complexity index is 585. The molecule has 5 unspecified atom stereocenters. The number of carbonyl (C=O) groups is 2. The van der Waals surface area contributed by atoms with Gasteiger partial charge in [0, 0.05) is 6.42 Å². The van der Waals surface area contributed by atoms with Gasteiger partial charge in [-0.25, -0.2) is 4.79 Å². The molecule has 3 aliphatic heterocycles. The van der Waals surface area contributed by atoms with Gasteiger partial charge in [0.25, 0.3) is 0 Å². The lowest BCUT2D eigenvalue weighted by atomic mass is 9.87. The van der Waals surface area contributed by atoms with Crippen LogP contribution >= 0.6 is 0 Å². The predicted molar refractivity (Wildman–Crippen MR) is 53.0 cm³/mol. The second-order valence-electron chi connectivity index (χ2n) is 4.74. The predicted octanol–water partition coefficient (Wildman–Crippen LogP) is -0.909. The Morgan fingerprint density at radius 1 is 1.40 bits per heavy atom. The maximum Gasteiger partial charge on any atom is 0.465 e. The van der Waals surface area contributed by atoms with Crippen LogP contribution in [0.2, 0.25) is 0 Å². The summed E-state index contributed by atoms with van der Waals surface area (Å²) in [7, 11) is -5.95. The van der Waals surface area contributed by atoms with Gasteiger partial charge in [-0.05, 0) is 0 Å².